The predicted molar refractivity (Wildman–Crippen MR) is 134 cm³/mol. The second kappa shape index (κ2) is 15.3. The van der Waals surface area contributed by atoms with Gasteiger partial charge >= 0.3 is 0 Å². The highest BCUT2D eigenvalue weighted by Gasteiger charge is 2.19. The highest BCUT2D eigenvalue weighted by molar-refractivity contribution is 14.0. The molecule has 2 rings (SSSR count). The fraction of sp³-hybridized carbons (Fsp3) is 0.636. The van der Waals surface area contributed by atoms with Gasteiger partial charge in [-0.25, -0.2) is 0 Å². The lowest BCUT2D eigenvalue weighted by Crippen LogP contribution is -2.45. The summed E-state index contributed by atoms with van der Waals surface area (Å²) in [7, 11) is 1.79. The minimum Gasteiger partial charge on any atom is -0.484 e. The number of halogens is 1. The standard InChI is InChI=1S/C22H37N5O2.HI/c1-4-19-10-6-7-13-27(19)14-12-25-22(23-3)26-16-18-9-8-11-20(15-18)29-17-21(28)24-5-2;/h8-9,11,15,19H,4-7,10,12-14,16-17H2,1-3H3,(H,24,28)(H2,23,25,26);1H. The van der Waals surface area contributed by atoms with Gasteiger partial charge in [-0.05, 0) is 50.4 Å². The summed E-state index contributed by atoms with van der Waals surface area (Å²) in [5.41, 5.74) is 1.07. The maximum Gasteiger partial charge on any atom is 0.257 e. The van der Waals surface area contributed by atoms with Crippen molar-refractivity contribution in [3.8, 4) is 5.75 Å². The van der Waals surface area contributed by atoms with Crippen LogP contribution in [0.5, 0.6) is 5.75 Å². The van der Waals surface area contributed by atoms with Crippen molar-refractivity contribution in [3.05, 3.63) is 29.8 Å². The number of likely N-dealkylation sites (tertiary alicyclic amines) is 1. The fourth-order valence-electron chi connectivity index (χ4n) is 3.68. The van der Waals surface area contributed by atoms with Crippen LogP contribution in [0.25, 0.3) is 0 Å². The normalized spacial score (nSPS) is 17.0. The molecule has 0 aromatic heterocycles. The van der Waals surface area contributed by atoms with E-state index in [0.29, 0.717) is 18.8 Å². The Balaban J connectivity index is 0.00000450. The van der Waals surface area contributed by atoms with Crippen LogP contribution in [0.4, 0.5) is 0 Å². The number of aliphatic imine (C=N–C) groups is 1. The Labute approximate surface area is 198 Å². The Bertz CT molecular complexity index is 656. The van der Waals surface area contributed by atoms with Gasteiger partial charge in [0.2, 0.25) is 0 Å². The average Bonchev–Trinajstić information content (AvgIpc) is 2.75. The molecule has 1 amide bonds. The van der Waals surface area contributed by atoms with E-state index in [4.69, 9.17) is 4.74 Å². The Morgan fingerprint density at radius 3 is 2.80 bits per heavy atom. The van der Waals surface area contributed by atoms with E-state index in [2.05, 4.69) is 32.8 Å². The summed E-state index contributed by atoms with van der Waals surface area (Å²) < 4.78 is 5.56. The highest BCUT2D eigenvalue weighted by atomic mass is 127. The zero-order valence-corrected chi connectivity index (χ0v) is 20.9. The SMILES string of the molecule is CCNC(=O)COc1cccc(CNC(=NC)NCCN2CCCCC2CC)c1.I. The first kappa shape index (κ1) is 26.5. The monoisotopic (exact) mass is 531 g/mol. The second-order valence-corrected chi connectivity index (χ2v) is 7.34. The lowest BCUT2D eigenvalue weighted by molar-refractivity contribution is -0.122. The number of rotatable bonds is 10. The van der Waals surface area contributed by atoms with E-state index in [1.54, 1.807) is 7.05 Å². The van der Waals surface area contributed by atoms with Gasteiger partial charge in [-0.3, -0.25) is 14.7 Å². The van der Waals surface area contributed by atoms with Crippen molar-refractivity contribution >= 4 is 35.8 Å². The van der Waals surface area contributed by atoms with E-state index < -0.39 is 0 Å². The van der Waals surface area contributed by atoms with Crippen LogP contribution in [0.1, 0.15) is 45.1 Å². The molecular weight excluding hydrogens is 493 g/mol. The van der Waals surface area contributed by atoms with Gasteiger partial charge in [-0.1, -0.05) is 25.5 Å². The first-order valence-electron chi connectivity index (χ1n) is 10.8. The van der Waals surface area contributed by atoms with Gasteiger partial charge in [-0.2, -0.15) is 0 Å². The van der Waals surface area contributed by atoms with Crippen molar-refractivity contribution in [1.82, 2.24) is 20.9 Å². The molecule has 0 bridgehead atoms. The molecule has 1 fully saturated rings. The molecule has 1 aliphatic rings. The number of guanidine groups is 1. The van der Waals surface area contributed by atoms with Crippen molar-refractivity contribution in [2.75, 3.05) is 39.8 Å². The lowest BCUT2D eigenvalue weighted by Gasteiger charge is -2.35. The largest absolute Gasteiger partial charge is 0.484 e. The summed E-state index contributed by atoms with van der Waals surface area (Å²) in [6, 6.07) is 8.49. The number of nitrogens with one attached hydrogen (secondary N) is 3. The maximum atomic E-state index is 11.5. The molecule has 0 saturated carbocycles. The number of hydrogen-bond acceptors (Lipinski definition) is 4. The first-order chi connectivity index (χ1) is 14.2. The van der Waals surface area contributed by atoms with Crippen LogP contribution in [-0.2, 0) is 11.3 Å². The van der Waals surface area contributed by atoms with Crippen molar-refractivity contribution in [2.45, 2.75) is 52.1 Å². The number of nitrogens with zero attached hydrogens (tertiary/aromatic N) is 2. The minimum absolute atomic E-state index is 0. The van der Waals surface area contributed by atoms with Crippen LogP contribution in [0.15, 0.2) is 29.3 Å². The lowest BCUT2D eigenvalue weighted by atomic mass is 10.0. The number of amides is 1. The van der Waals surface area contributed by atoms with E-state index in [9.17, 15) is 4.79 Å². The molecule has 1 aromatic carbocycles. The number of hydrogen-bond donors (Lipinski definition) is 3. The van der Waals surface area contributed by atoms with Crippen LogP contribution in [0, 0.1) is 0 Å². The molecule has 1 unspecified atom stereocenters. The summed E-state index contributed by atoms with van der Waals surface area (Å²) in [5.74, 6) is 1.37. The van der Waals surface area contributed by atoms with E-state index in [0.717, 1.165) is 30.7 Å². The van der Waals surface area contributed by atoms with Crippen molar-refractivity contribution in [2.24, 2.45) is 4.99 Å². The van der Waals surface area contributed by atoms with Crippen molar-refractivity contribution in [1.29, 1.82) is 0 Å². The predicted octanol–water partition coefficient (Wildman–Crippen LogP) is 2.75. The zero-order chi connectivity index (χ0) is 20.9. The molecule has 7 nitrogen and oxygen atoms in total. The van der Waals surface area contributed by atoms with Gasteiger partial charge in [0.15, 0.2) is 12.6 Å². The zero-order valence-electron chi connectivity index (χ0n) is 18.6. The second-order valence-electron chi connectivity index (χ2n) is 7.34. The Morgan fingerprint density at radius 2 is 2.07 bits per heavy atom. The molecule has 0 aliphatic carbocycles. The van der Waals surface area contributed by atoms with Gasteiger partial charge in [-0.15, -0.1) is 24.0 Å². The highest BCUT2D eigenvalue weighted by Crippen LogP contribution is 2.18. The number of ether oxygens (including phenoxy) is 1. The topological polar surface area (TPSA) is 78.0 Å². The molecule has 1 heterocycles. The third-order valence-corrected chi connectivity index (χ3v) is 5.24. The molecule has 8 heteroatoms. The molecule has 1 atom stereocenters. The van der Waals surface area contributed by atoms with Crippen LogP contribution >= 0.6 is 24.0 Å². The van der Waals surface area contributed by atoms with E-state index in [1.165, 1.54) is 32.2 Å². The van der Waals surface area contributed by atoms with Gasteiger partial charge in [0.1, 0.15) is 5.75 Å². The number of carbonyl (C=O) groups excluding carboxylic acids is 1. The molecule has 1 saturated heterocycles. The molecule has 1 aromatic rings. The van der Waals surface area contributed by atoms with Crippen molar-refractivity contribution < 1.29 is 9.53 Å². The fourth-order valence-corrected chi connectivity index (χ4v) is 3.68. The van der Waals surface area contributed by atoms with Crippen molar-refractivity contribution in [3.63, 3.8) is 0 Å². The summed E-state index contributed by atoms with van der Waals surface area (Å²) in [5, 5.41) is 9.48. The van der Waals surface area contributed by atoms with Crippen LogP contribution in [-0.4, -0.2) is 62.6 Å². The summed E-state index contributed by atoms with van der Waals surface area (Å²) >= 11 is 0. The van der Waals surface area contributed by atoms with Crippen LogP contribution in [0.2, 0.25) is 0 Å². The molecule has 0 spiro atoms. The van der Waals surface area contributed by atoms with Gasteiger partial charge < -0.3 is 20.7 Å². The Morgan fingerprint density at radius 1 is 1.23 bits per heavy atom. The van der Waals surface area contributed by atoms with Crippen LogP contribution in [0.3, 0.4) is 0 Å². The first-order valence-corrected chi connectivity index (χ1v) is 10.8. The Hall–Kier alpha value is -1.55. The maximum absolute atomic E-state index is 11.5. The quantitative estimate of drug-likeness (QED) is 0.246. The number of piperidine rings is 1. The molecule has 0 radical (unpaired) electrons. The smallest absolute Gasteiger partial charge is 0.257 e. The number of carbonyl (C=O) groups is 1. The number of benzene rings is 1. The van der Waals surface area contributed by atoms with Gasteiger partial charge in [0.05, 0.1) is 0 Å². The van der Waals surface area contributed by atoms with Gasteiger partial charge in [0.25, 0.3) is 5.91 Å². The summed E-state index contributed by atoms with van der Waals surface area (Å²) in [6.07, 6.45) is 5.22. The molecular formula is C22H38IN5O2. The van der Waals surface area contributed by atoms with E-state index in [-0.39, 0.29) is 36.5 Å². The third-order valence-electron chi connectivity index (χ3n) is 5.24. The minimum atomic E-state index is -0.111. The van der Waals surface area contributed by atoms with Gasteiger partial charge in [0, 0.05) is 39.3 Å². The average molecular weight is 531 g/mol. The Kier molecular flexibility index (Phi) is 13.5. The van der Waals surface area contributed by atoms with Crippen LogP contribution < -0.4 is 20.7 Å². The molecule has 1 aliphatic heterocycles. The third kappa shape index (κ3) is 9.51. The molecule has 30 heavy (non-hydrogen) atoms. The molecule has 3 N–H and O–H groups in total. The summed E-state index contributed by atoms with van der Waals surface area (Å²) in [4.78, 5) is 18.4. The molecule has 170 valence electrons. The summed E-state index contributed by atoms with van der Waals surface area (Å²) in [6.45, 7) is 8.58. The number of likely N-dealkylation sites (N-methyl/N-ethyl adjacent to an activating group) is 1. The van der Waals surface area contributed by atoms with E-state index >= 15 is 0 Å². The van der Waals surface area contributed by atoms with E-state index in [1.807, 2.05) is 31.2 Å².